The molecule has 20 heavy (non-hydrogen) atoms. The van der Waals surface area contributed by atoms with Crippen LogP contribution in [0.25, 0.3) is 0 Å². The Kier molecular flexibility index (Phi) is 4.85. The first-order valence-electron chi connectivity index (χ1n) is 6.18. The molecule has 0 heterocycles. The number of alkyl halides is 1. The fourth-order valence-electron chi connectivity index (χ4n) is 2.31. The van der Waals surface area contributed by atoms with Gasteiger partial charge < -0.3 is 4.74 Å². The van der Waals surface area contributed by atoms with Gasteiger partial charge in [-0.05, 0) is 48.2 Å². The molecule has 0 amide bonds. The van der Waals surface area contributed by atoms with Crippen molar-refractivity contribution < 1.29 is 4.74 Å². The van der Waals surface area contributed by atoms with Crippen molar-refractivity contribution in [3.05, 3.63) is 62.6 Å². The molecule has 0 N–H and O–H groups in total. The Morgan fingerprint density at radius 1 is 0.900 bits per heavy atom. The van der Waals surface area contributed by atoms with Crippen molar-refractivity contribution in [3.8, 4) is 5.75 Å². The zero-order valence-corrected chi connectivity index (χ0v) is 13.8. The monoisotopic (exact) mass is 328 g/mol. The highest BCUT2D eigenvalue weighted by molar-refractivity contribution is 6.42. The van der Waals surface area contributed by atoms with Crippen molar-refractivity contribution in [1.82, 2.24) is 0 Å². The molecule has 1 nitrogen and oxygen atoms in total. The lowest BCUT2D eigenvalue weighted by Crippen LogP contribution is -1.98. The van der Waals surface area contributed by atoms with Gasteiger partial charge in [0.15, 0.2) is 0 Å². The maximum atomic E-state index is 6.55. The highest BCUT2D eigenvalue weighted by atomic mass is 35.5. The molecule has 2 aromatic rings. The Balaban J connectivity index is 2.42. The van der Waals surface area contributed by atoms with E-state index in [0.29, 0.717) is 10.0 Å². The Morgan fingerprint density at radius 3 is 2.00 bits per heavy atom. The number of hydrogen-bond acceptors (Lipinski definition) is 1. The predicted molar refractivity (Wildman–Crippen MR) is 86.6 cm³/mol. The summed E-state index contributed by atoms with van der Waals surface area (Å²) in [4.78, 5) is 0. The molecule has 1 unspecified atom stereocenters. The van der Waals surface area contributed by atoms with Crippen LogP contribution in [0.3, 0.4) is 0 Å². The minimum Gasteiger partial charge on any atom is -0.496 e. The Bertz CT molecular complexity index is 615. The van der Waals surface area contributed by atoms with Gasteiger partial charge in [0.25, 0.3) is 0 Å². The van der Waals surface area contributed by atoms with Gasteiger partial charge in [-0.15, -0.1) is 11.6 Å². The van der Waals surface area contributed by atoms with Gasteiger partial charge in [-0.1, -0.05) is 41.4 Å². The van der Waals surface area contributed by atoms with E-state index in [1.165, 1.54) is 0 Å². The second-order valence-electron chi connectivity index (χ2n) is 4.72. The standard InChI is InChI=1S/C16H15Cl3O/c1-9-6-12(7-10(2)16(9)20-3)15(19)11-4-5-13(17)14(18)8-11/h4-8,15H,1-3H3. The van der Waals surface area contributed by atoms with Crippen LogP contribution < -0.4 is 4.74 Å². The molecule has 0 aliphatic carbocycles. The van der Waals surface area contributed by atoms with Crippen LogP contribution in [-0.2, 0) is 0 Å². The van der Waals surface area contributed by atoms with Gasteiger partial charge in [0.05, 0.1) is 22.5 Å². The molecule has 1 atom stereocenters. The van der Waals surface area contributed by atoms with Crippen LogP contribution in [-0.4, -0.2) is 7.11 Å². The summed E-state index contributed by atoms with van der Waals surface area (Å²) in [7, 11) is 1.67. The minimum absolute atomic E-state index is 0.270. The third-order valence-corrected chi connectivity index (χ3v) is 4.46. The zero-order chi connectivity index (χ0) is 14.9. The minimum atomic E-state index is -0.270. The smallest absolute Gasteiger partial charge is 0.124 e. The summed E-state index contributed by atoms with van der Waals surface area (Å²) in [6.45, 7) is 4.02. The van der Waals surface area contributed by atoms with Crippen LogP contribution in [0.2, 0.25) is 10.0 Å². The maximum absolute atomic E-state index is 6.55. The van der Waals surface area contributed by atoms with E-state index in [4.69, 9.17) is 39.5 Å². The van der Waals surface area contributed by atoms with Crippen molar-refractivity contribution >= 4 is 34.8 Å². The number of methoxy groups -OCH3 is 1. The summed E-state index contributed by atoms with van der Waals surface area (Å²) in [6.07, 6.45) is 0. The molecule has 0 saturated heterocycles. The van der Waals surface area contributed by atoms with E-state index in [-0.39, 0.29) is 5.38 Å². The van der Waals surface area contributed by atoms with Crippen molar-refractivity contribution in [2.45, 2.75) is 19.2 Å². The van der Waals surface area contributed by atoms with Crippen molar-refractivity contribution in [3.63, 3.8) is 0 Å². The van der Waals surface area contributed by atoms with Crippen LogP contribution in [0.5, 0.6) is 5.75 Å². The number of aryl methyl sites for hydroxylation is 2. The molecule has 0 radical (unpaired) electrons. The summed E-state index contributed by atoms with van der Waals surface area (Å²) < 4.78 is 5.37. The van der Waals surface area contributed by atoms with E-state index in [2.05, 4.69) is 0 Å². The van der Waals surface area contributed by atoms with Gasteiger partial charge in [0.1, 0.15) is 5.75 Å². The Labute approximate surface area is 134 Å². The van der Waals surface area contributed by atoms with Gasteiger partial charge >= 0.3 is 0 Å². The van der Waals surface area contributed by atoms with Crippen LogP contribution in [0, 0.1) is 13.8 Å². The highest BCUT2D eigenvalue weighted by Crippen LogP contribution is 2.35. The number of benzene rings is 2. The first-order valence-corrected chi connectivity index (χ1v) is 7.37. The lowest BCUT2D eigenvalue weighted by atomic mass is 9.99. The number of rotatable bonds is 3. The summed E-state index contributed by atoms with van der Waals surface area (Å²) in [5, 5.41) is 0.770. The molecule has 0 aromatic heterocycles. The first kappa shape index (κ1) is 15.5. The number of hydrogen-bond donors (Lipinski definition) is 0. The summed E-state index contributed by atoms with van der Waals surface area (Å²) in [6, 6.07) is 9.52. The topological polar surface area (TPSA) is 9.23 Å². The van der Waals surface area contributed by atoms with E-state index >= 15 is 0 Å². The van der Waals surface area contributed by atoms with Crippen LogP contribution in [0.4, 0.5) is 0 Å². The lowest BCUT2D eigenvalue weighted by molar-refractivity contribution is 0.408. The van der Waals surface area contributed by atoms with Gasteiger partial charge in [-0.3, -0.25) is 0 Å². The predicted octanol–water partition coefficient (Wildman–Crippen LogP) is 5.95. The normalized spacial score (nSPS) is 12.3. The third kappa shape index (κ3) is 3.06. The highest BCUT2D eigenvalue weighted by Gasteiger charge is 2.15. The van der Waals surface area contributed by atoms with Gasteiger partial charge in [0, 0.05) is 0 Å². The summed E-state index contributed by atoms with van der Waals surface area (Å²) >= 11 is 18.5. The fraction of sp³-hybridized carbons (Fsp3) is 0.250. The quantitative estimate of drug-likeness (QED) is 0.632. The molecule has 0 fully saturated rings. The second kappa shape index (κ2) is 6.26. The van der Waals surface area contributed by atoms with E-state index in [1.54, 1.807) is 19.2 Å². The molecule has 0 saturated carbocycles. The summed E-state index contributed by atoms with van der Waals surface area (Å²) in [5.41, 5.74) is 4.06. The number of ether oxygens (including phenoxy) is 1. The molecule has 0 spiro atoms. The van der Waals surface area contributed by atoms with Crippen molar-refractivity contribution in [2.24, 2.45) is 0 Å². The molecule has 106 valence electrons. The molecular formula is C16H15Cl3O. The summed E-state index contributed by atoms with van der Waals surface area (Å²) in [5.74, 6) is 0.895. The van der Waals surface area contributed by atoms with Crippen molar-refractivity contribution in [2.75, 3.05) is 7.11 Å². The largest absolute Gasteiger partial charge is 0.496 e. The lowest BCUT2D eigenvalue weighted by Gasteiger charge is -2.16. The van der Waals surface area contributed by atoms with Gasteiger partial charge in [-0.2, -0.15) is 0 Å². The van der Waals surface area contributed by atoms with Crippen LogP contribution >= 0.6 is 34.8 Å². The first-order chi connectivity index (χ1) is 9.43. The van der Waals surface area contributed by atoms with E-state index in [9.17, 15) is 0 Å². The molecule has 4 heteroatoms. The van der Waals surface area contributed by atoms with Crippen LogP contribution in [0.1, 0.15) is 27.6 Å². The van der Waals surface area contributed by atoms with Crippen molar-refractivity contribution in [1.29, 1.82) is 0 Å². The second-order valence-corrected chi connectivity index (χ2v) is 5.97. The average molecular weight is 330 g/mol. The molecule has 0 aliphatic heterocycles. The molecular weight excluding hydrogens is 315 g/mol. The van der Waals surface area contributed by atoms with E-state index < -0.39 is 0 Å². The average Bonchev–Trinajstić information content (AvgIpc) is 2.40. The van der Waals surface area contributed by atoms with E-state index in [0.717, 1.165) is 28.0 Å². The zero-order valence-electron chi connectivity index (χ0n) is 11.5. The third-order valence-electron chi connectivity index (χ3n) is 3.22. The fourth-order valence-corrected chi connectivity index (χ4v) is 2.88. The van der Waals surface area contributed by atoms with Gasteiger partial charge in [0.2, 0.25) is 0 Å². The van der Waals surface area contributed by atoms with E-state index in [1.807, 2.05) is 32.0 Å². The molecule has 0 bridgehead atoms. The Morgan fingerprint density at radius 2 is 1.50 bits per heavy atom. The molecule has 0 aliphatic rings. The molecule has 2 aromatic carbocycles. The molecule has 2 rings (SSSR count). The van der Waals surface area contributed by atoms with Gasteiger partial charge in [-0.25, -0.2) is 0 Å². The SMILES string of the molecule is COc1c(C)cc(C(Cl)c2ccc(Cl)c(Cl)c2)cc1C. The Hall–Kier alpha value is -0.890. The van der Waals surface area contributed by atoms with Crippen LogP contribution in [0.15, 0.2) is 30.3 Å². The maximum Gasteiger partial charge on any atom is 0.124 e. The number of halogens is 3.